The Labute approximate surface area is 185 Å². The Bertz CT molecular complexity index is 1000. The monoisotopic (exact) mass is 439 g/mol. The zero-order valence-electron chi connectivity index (χ0n) is 17.6. The van der Waals surface area contributed by atoms with Gasteiger partial charge in [-0.1, -0.05) is 23.9 Å². The average molecular weight is 440 g/mol. The number of aromatic nitrogens is 2. The Morgan fingerprint density at radius 3 is 2.45 bits per heavy atom. The van der Waals surface area contributed by atoms with Crippen LogP contribution in [-0.4, -0.2) is 46.5 Å². The Balaban J connectivity index is 1.34. The molecule has 1 amide bonds. The molecular weight excluding hydrogens is 414 g/mol. The van der Waals surface area contributed by atoms with E-state index in [-0.39, 0.29) is 11.7 Å². The number of thioether (sulfide) groups is 1. The fourth-order valence-electron chi connectivity index (χ4n) is 3.19. The number of rotatable bonds is 10. The molecule has 0 unspecified atom stereocenters. The first kappa shape index (κ1) is 21.2. The van der Waals surface area contributed by atoms with Crippen LogP contribution in [0, 0.1) is 0 Å². The largest absolute Gasteiger partial charge is 0.497 e. The summed E-state index contributed by atoms with van der Waals surface area (Å²) in [5.74, 6) is 2.36. The van der Waals surface area contributed by atoms with Crippen LogP contribution in [0.15, 0.2) is 58.2 Å². The van der Waals surface area contributed by atoms with Gasteiger partial charge >= 0.3 is 0 Å². The van der Waals surface area contributed by atoms with E-state index in [1.165, 1.54) is 11.8 Å². The fourth-order valence-corrected chi connectivity index (χ4v) is 3.84. The standard InChI is InChI=1S/C23H25N3O4S/c1-3-29-20-12-6-17(7-13-20)22-24-25-23(30-22)31-15-21(27)26(18-8-9-18)14-16-4-10-19(28-2)11-5-16/h4-7,10-13,18H,3,8-9,14-15H2,1-2H3. The summed E-state index contributed by atoms with van der Waals surface area (Å²) >= 11 is 1.27. The third-order valence-corrected chi connectivity index (χ3v) is 5.76. The average Bonchev–Trinajstić information content (AvgIpc) is 3.54. The molecule has 0 saturated heterocycles. The minimum atomic E-state index is 0.0733. The lowest BCUT2D eigenvalue weighted by molar-refractivity contribution is -0.129. The van der Waals surface area contributed by atoms with Crippen molar-refractivity contribution < 1.29 is 18.7 Å². The van der Waals surface area contributed by atoms with Crippen molar-refractivity contribution in [3.63, 3.8) is 0 Å². The van der Waals surface area contributed by atoms with E-state index in [1.807, 2.05) is 60.4 Å². The maximum absolute atomic E-state index is 12.9. The number of nitrogens with zero attached hydrogens (tertiary/aromatic N) is 3. The molecule has 1 aliphatic carbocycles. The molecule has 0 spiro atoms. The Hall–Kier alpha value is -3.00. The Kier molecular flexibility index (Phi) is 6.76. The predicted molar refractivity (Wildman–Crippen MR) is 118 cm³/mol. The van der Waals surface area contributed by atoms with Crippen molar-refractivity contribution in [1.82, 2.24) is 15.1 Å². The number of carbonyl (C=O) groups is 1. The summed E-state index contributed by atoms with van der Waals surface area (Å²) in [6.45, 7) is 3.15. The lowest BCUT2D eigenvalue weighted by Gasteiger charge is -2.22. The molecule has 4 rings (SSSR count). The van der Waals surface area contributed by atoms with Crippen molar-refractivity contribution in [2.75, 3.05) is 19.5 Å². The molecule has 162 valence electrons. The lowest BCUT2D eigenvalue weighted by atomic mass is 10.2. The molecular formula is C23H25N3O4S. The summed E-state index contributed by atoms with van der Waals surface area (Å²) in [5, 5.41) is 8.56. The molecule has 3 aromatic rings. The van der Waals surface area contributed by atoms with E-state index >= 15 is 0 Å². The van der Waals surface area contributed by atoms with E-state index in [2.05, 4.69) is 10.2 Å². The van der Waals surface area contributed by atoms with Gasteiger partial charge in [0.25, 0.3) is 5.22 Å². The van der Waals surface area contributed by atoms with Crippen LogP contribution in [0.5, 0.6) is 11.5 Å². The van der Waals surface area contributed by atoms with Gasteiger partial charge in [0.15, 0.2) is 0 Å². The van der Waals surface area contributed by atoms with Crippen LogP contribution >= 0.6 is 11.8 Å². The van der Waals surface area contributed by atoms with E-state index in [0.29, 0.717) is 30.3 Å². The van der Waals surface area contributed by atoms with Gasteiger partial charge in [0, 0.05) is 18.2 Å². The van der Waals surface area contributed by atoms with Gasteiger partial charge in [-0.2, -0.15) is 0 Å². The van der Waals surface area contributed by atoms with E-state index in [1.54, 1.807) is 7.11 Å². The Morgan fingerprint density at radius 2 is 1.81 bits per heavy atom. The number of amides is 1. The fraction of sp³-hybridized carbons (Fsp3) is 0.348. The van der Waals surface area contributed by atoms with Crippen LogP contribution in [0.4, 0.5) is 0 Å². The molecule has 0 bridgehead atoms. The SMILES string of the molecule is CCOc1ccc(-c2nnc(SCC(=O)N(Cc3ccc(OC)cc3)C3CC3)o2)cc1. The molecule has 1 aliphatic rings. The van der Waals surface area contributed by atoms with Gasteiger partial charge in [0.05, 0.1) is 19.5 Å². The van der Waals surface area contributed by atoms with E-state index in [4.69, 9.17) is 13.9 Å². The summed E-state index contributed by atoms with van der Waals surface area (Å²) in [6, 6.07) is 15.6. The molecule has 1 saturated carbocycles. The van der Waals surface area contributed by atoms with E-state index in [0.717, 1.165) is 35.5 Å². The molecule has 7 nitrogen and oxygen atoms in total. The molecule has 31 heavy (non-hydrogen) atoms. The zero-order chi connectivity index (χ0) is 21.6. The van der Waals surface area contributed by atoms with Crippen LogP contribution in [0.1, 0.15) is 25.3 Å². The smallest absolute Gasteiger partial charge is 0.277 e. The van der Waals surface area contributed by atoms with E-state index in [9.17, 15) is 4.79 Å². The third kappa shape index (κ3) is 5.58. The van der Waals surface area contributed by atoms with Crippen molar-refractivity contribution in [2.45, 2.75) is 37.6 Å². The number of benzene rings is 2. The number of ether oxygens (including phenoxy) is 2. The summed E-state index contributed by atoms with van der Waals surface area (Å²) in [6.07, 6.45) is 2.10. The van der Waals surface area contributed by atoms with Crippen LogP contribution in [0.2, 0.25) is 0 Å². The first-order valence-corrected chi connectivity index (χ1v) is 11.3. The van der Waals surface area contributed by atoms with Gasteiger partial charge in [-0.05, 0) is 61.7 Å². The summed E-state index contributed by atoms with van der Waals surface area (Å²) in [5.41, 5.74) is 1.90. The van der Waals surface area contributed by atoms with Gasteiger partial charge in [0.2, 0.25) is 11.8 Å². The minimum Gasteiger partial charge on any atom is -0.497 e. The number of hydrogen-bond acceptors (Lipinski definition) is 7. The van der Waals surface area contributed by atoms with Crippen LogP contribution in [0.25, 0.3) is 11.5 Å². The van der Waals surface area contributed by atoms with Crippen molar-refractivity contribution in [2.24, 2.45) is 0 Å². The highest BCUT2D eigenvalue weighted by Crippen LogP contribution is 2.30. The normalized spacial score (nSPS) is 13.1. The molecule has 0 radical (unpaired) electrons. The second-order valence-electron chi connectivity index (χ2n) is 7.22. The highest BCUT2D eigenvalue weighted by molar-refractivity contribution is 7.99. The summed E-state index contributed by atoms with van der Waals surface area (Å²) in [4.78, 5) is 14.8. The van der Waals surface area contributed by atoms with E-state index < -0.39 is 0 Å². The molecule has 0 atom stereocenters. The second-order valence-corrected chi connectivity index (χ2v) is 8.15. The van der Waals surface area contributed by atoms with Crippen molar-refractivity contribution in [3.05, 3.63) is 54.1 Å². The molecule has 0 aliphatic heterocycles. The topological polar surface area (TPSA) is 77.7 Å². The first-order chi connectivity index (χ1) is 15.2. The molecule has 1 aromatic heterocycles. The predicted octanol–water partition coefficient (Wildman–Crippen LogP) is 4.43. The van der Waals surface area contributed by atoms with Gasteiger partial charge in [-0.15, -0.1) is 10.2 Å². The van der Waals surface area contributed by atoms with Crippen molar-refractivity contribution in [1.29, 1.82) is 0 Å². The maximum atomic E-state index is 12.9. The van der Waals surface area contributed by atoms with Gasteiger partial charge in [-0.3, -0.25) is 4.79 Å². The molecule has 1 fully saturated rings. The molecule has 2 aromatic carbocycles. The van der Waals surface area contributed by atoms with Gasteiger partial charge < -0.3 is 18.8 Å². The molecule has 1 heterocycles. The maximum Gasteiger partial charge on any atom is 0.277 e. The summed E-state index contributed by atoms with van der Waals surface area (Å²) in [7, 11) is 1.64. The summed E-state index contributed by atoms with van der Waals surface area (Å²) < 4.78 is 16.4. The first-order valence-electron chi connectivity index (χ1n) is 10.3. The Morgan fingerprint density at radius 1 is 1.10 bits per heavy atom. The van der Waals surface area contributed by atoms with Crippen LogP contribution in [0.3, 0.4) is 0 Å². The number of methoxy groups -OCH3 is 1. The lowest BCUT2D eigenvalue weighted by Crippen LogP contribution is -2.33. The number of carbonyl (C=O) groups excluding carboxylic acids is 1. The van der Waals surface area contributed by atoms with Crippen LogP contribution < -0.4 is 9.47 Å². The molecule has 8 heteroatoms. The second kappa shape index (κ2) is 9.87. The zero-order valence-corrected chi connectivity index (χ0v) is 18.4. The highest BCUT2D eigenvalue weighted by Gasteiger charge is 2.32. The van der Waals surface area contributed by atoms with Gasteiger partial charge in [-0.25, -0.2) is 0 Å². The van der Waals surface area contributed by atoms with Crippen molar-refractivity contribution >= 4 is 17.7 Å². The van der Waals surface area contributed by atoms with Gasteiger partial charge in [0.1, 0.15) is 11.5 Å². The third-order valence-electron chi connectivity index (χ3n) is 4.96. The quantitative estimate of drug-likeness (QED) is 0.433. The molecule has 0 N–H and O–H groups in total. The number of hydrogen-bond donors (Lipinski definition) is 0. The van der Waals surface area contributed by atoms with Crippen LogP contribution in [-0.2, 0) is 11.3 Å². The minimum absolute atomic E-state index is 0.0733. The van der Waals surface area contributed by atoms with Crippen molar-refractivity contribution in [3.8, 4) is 23.0 Å². The highest BCUT2D eigenvalue weighted by atomic mass is 32.2.